The second-order valence-electron chi connectivity index (χ2n) is 5.12. The fourth-order valence-corrected chi connectivity index (χ4v) is 2.76. The van der Waals surface area contributed by atoms with Crippen molar-refractivity contribution in [1.29, 1.82) is 0 Å². The van der Waals surface area contributed by atoms with Crippen molar-refractivity contribution in [3.63, 3.8) is 0 Å². The Kier molecular flexibility index (Phi) is 4.61. The van der Waals surface area contributed by atoms with Crippen molar-refractivity contribution in [2.24, 2.45) is 11.7 Å². The molecule has 2 rings (SSSR count). The van der Waals surface area contributed by atoms with Gasteiger partial charge in [-0.05, 0) is 45.0 Å². The number of aryl methyl sites for hydroxylation is 1. The third kappa shape index (κ3) is 3.16. The molecule has 106 valence electrons. The number of furan rings is 1. The molecule has 0 aliphatic carbocycles. The number of nitrogens with one attached hydrogen (secondary N) is 1. The zero-order chi connectivity index (χ0) is 13.8. The van der Waals surface area contributed by atoms with E-state index >= 15 is 0 Å². The first-order chi connectivity index (χ1) is 9.15. The van der Waals surface area contributed by atoms with Crippen LogP contribution in [0.2, 0.25) is 0 Å². The molecule has 0 aromatic carbocycles. The van der Waals surface area contributed by atoms with Crippen molar-refractivity contribution in [2.75, 3.05) is 26.7 Å². The Bertz CT molecular complexity index is 422. The number of nitrogens with two attached hydrogens (primary N) is 1. The predicted molar refractivity (Wildman–Crippen MR) is 73.6 cm³/mol. The molecule has 5 nitrogen and oxygen atoms in total. The molecule has 19 heavy (non-hydrogen) atoms. The Balaban J connectivity index is 1.97. The van der Waals surface area contributed by atoms with Crippen molar-refractivity contribution >= 4 is 5.91 Å². The van der Waals surface area contributed by atoms with E-state index in [1.165, 1.54) is 0 Å². The lowest BCUT2D eigenvalue weighted by Crippen LogP contribution is -2.43. The molecule has 1 aromatic rings. The topological polar surface area (TPSA) is 71.5 Å². The average molecular weight is 265 g/mol. The van der Waals surface area contributed by atoms with Gasteiger partial charge in [-0.1, -0.05) is 0 Å². The minimum atomic E-state index is 0.124. The smallest absolute Gasteiger partial charge is 0.222 e. The molecule has 1 unspecified atom stereocenters. The molecule has 0 radical (unpaired) electrons. The van der Waals surface area contributed by atoms with Gasteiger partial charge >= 0.3 is 0 Å². The number of likely N-dealkylation sites (tertiary alicyclic amines) is 1. The Morgan fingerprint density at radius 1 is 1.53 bits per heavy atom. The molecule has 5 heteroatoms. The monoisotopic (exact) mass is 265 g/mol. The summed E-state index contributed by atoms with van der Waals surface area (Å²) in [6.45, 7) is 4.26. The molecule has 1 atom stereocenters. The lowest BCUT2D eigenvalue weighted by molar-refractivity contribution is -0.126. The third-order valence-corrected chi connectivity index (χ3v) is 3.90. The molecular weight excluding hydrogens is 242 g/mol. The summed E-state index contributed by atoms with van der Waals surface area (Å²) in [4.78, 5) is 13.9. The average Bonchev–Trinajstić information content (AvgIpc) is 2.86. The van der Waals surface area contributed by atoms with Crippen LogP contribution in [0.5, 0.6) is 0 Å². The summed E-state index contributed by atoms with van der Waals surface area (Å²) < 4.78 is 5.68. The third-order valence-electron chi connectivity index (χ3n) is 3.90. The van der Waals surface area contributed by atoms with Gasteiger partial charge in [0.2, 0.25) is 5.91 Å². The van der Waals surface area contributed by atoms with Crippen molar-refractivity contribution < 1.29 is 9.21 Å². The largest absolute Gasteiger partial charge is 0.465 e. The van der Waals surface area contributed by atoms with Crippen LogP contribution in [-0.2, 0) is 4.79 Å². The zero-order valence-electron chi connectivity index (χ0n) is 11.7. The Morgan fingerprint density at radius 2 is 2.21 bits per heavy atom. The van der Waals surface area contributed by atoms with Gasteiger partial charge in [-0.25, -0.2) is 0 Å². The van der Waals surface area contributed by atoms with Crippen LogP contribution in [0, 0.1) is 12.8 Å². The highest BCUT2D eigenvalue weighted by Crippen LogP contribution is 2.27. The standard InChI is InChI=1S/C14H23N3O2/c1-10-3-4-13(19-10)12(9-15)17-7-5-11(6-8-17)14(18)16-2/h3-4,11-12H,5-9,15H2,1-2H3,(H,16,18). The summed E-state index contributed by atoms with van der Waals surface area (Å²) in [5, 5.41) is 2.73. The van der Waals surface area contributed by atoms with Crippen molar-refractivity contribution in [1.82, 2.24) is 10.2 Å². The summed E-state index contributed by atoms with van der Waals surface area (Å²) in [7, 11) is 1.70. The van der Waals surface area contributed by atoms with E-state index in [1.807, 2.05) is 19.1 Å². The Morgan fingerprint density at radius 3 is 2.68 bits per heavy atom. The van der Waals surface area contributed by atoms with Gasteiger partial charge in [-0.3, -0.25) is 9.69 Å². The summed E-state index contributed by atoms with van der Waals surface area (Å²) >= 11 is 0. The van der Waals surface area contributed by atoms with Crippen LogP contribution in [-0.4, -0.2) is 37.5 Å². The quantitative estimate of drug-likeness (QED) is 0.853. The minimum absolute atomic E-state index is 0.124. The van der Waals surface area contributed by atoms with E-state index < -0.39 is 0 Å². The van der Waals surface area contributed by atoms with Crippen LogP contribution < -0.4 is 11.1 Å². The van der Waals surface area contributed by atoms with Crippen LogP contribution in [0.25, 0.3) is 0 Å². The van der Waals surface area contributed by atoms with Gasteiger partial charge in [-0.2, -0.15) is 0 Å². The fraction of sp³-hybridized carbons (Fsp3) is 0.643. The first-order valence-corrected chi connectivity index (χ1v) is 6.87. The normalized spacial score (nSPS) is 19.3. The van der Waals surface area contributed by atoms with E-state index in [0.29, 0.717) is 6.54 Å². The predicted octanol–water partition coefficient (Wildman–Crippen LogP) is 1.05. The highest BCUT2D eigenvalue weighted by Gasteiger charge is 2.29. The van der Waals surface area contributed by atoms with E-state index in [2.05, 4.69) is 10.2 Å². The summed E-state index contributed by atoms with van der Waals surface area (Å²) in [5.41, 5.74) is 5.88. The highest BCUT2D eigenvalue weighted by molar-refractivity contribution is 5.78. The first kappa shape index (κ1) is 14.1. The molecule has 1 aliphatic rings. The van der Waals surface area contributed by atoms with Gasteiger partial charge in [0.25, 0.3) is 0 Å². The molecule has 0 bridgehead atoms. The summed E-state index contributed by atoms with van der Waals surface area (Å²) in [6.07, 6.45) is 1.77. The lowest BCUT2D eigenvalue weighted by Gasteiger charge is -2.35. The lowest BCUT2D eigenvalue weighted by atomic mass is 9.94. The first-order valence-electron chi connectivity index (χ1n) is 6.87. The van der Waals surface area contributed by atoms with Gasteiger partial charge in [-0.15, -0.1) is 0 Å². The number of amides is 1. The summed E-state index contributed by atoms with van der Waals surface area (Å²) in [6, 6.07) is 4.09. The Labute approximate surface area is 114 Å². The molecule has 2 heterocycles. The van der Waals surface area contributed by atoms with E-state index in [4.69, 9.17) is 10.2 Å². The van der Waals surface area contributed by atoms with Crippen LogP contribution in [0.3, 0.4) is 0 Å². The maximum absolute atomic E-state index is 11.6. The fourth-order valence-electron chi connectivity index (χ4n) is 2.76. The maximum Gasteiger partial charge on any atom is 0.222 e. The molecule has 1 saturated heterocycles. The van der Waals surface area contributed by atoms with Gasteiger partial charge in [0.1, 0.15) is 11.5 Å². The molecule has 3 N–H and O–H groups in total. The molecule has 0 saturated carbocycles. The van der Waals surface area contributed by atoms with Crippen LogP contribution in [0.15, 0.2) is 16.5 Å². The highest BCUT2D eigenvalue weighted by atomic mass is 16.3. The van der Waals surface area contributed by atoms with Crippen molar-refractivity contribution in [3.05, 3.63) is 23.7 Å². The Hall–Kier alpha value is -1.33. The second kappa shape index (κ2) is 6.21. The molecule has 1 aliphatic heterocycles. The van der Waals surface area contributed by atoms with Crippen LogP contribution in [0.1, 0.15) is 30.4 Å². The van der Waals surface area contributed by atoms with Gasteiger partial charge in [0.15, 0.2) is 0 Å². The van der Waals surface area contributed by atoms with Crippen molar-refractivity contribution in [2.45, 2.75) is 25.8 Å². The molecular formula is C14H23N3O2. The van der Waals surface area contributed by atoms with Crippen LogP contribution in [0.4, 0.5) is 0 Å². The van der Waals surface area contributed by atoms with E-state index in [1.54, 1.807) is 7.05 Å². The molecule has 0 spiro atoms. The minimum Gasteiger partial charge on any atom is -0.465 e. The van der Waals surface area contributed by atoms with Crippen LogP contribution >= 0.6 is 0 Å². The number of carbonyl (C=O) groups excluding carboxylic acids is 1. The molecule has 1 aromatic heterocycles. The number of nitrogens with zero attached hydrogens (tertiary/aromatic N) is 1. The second-order valence-corrected chi connectivity index (χ2v) is 5.12. The number of hydrogen-bond acceptors (Lipinski definition) is 4. The van der Waals surface area contributed by atoms with E-state index in [9.17, 15) is 4.79 Å². The van der Waals surface area contributed by atoms with E-state index in [0.717, 1.165) is 37.5 Å². The maximum atomic E-state index is 11.6. The van der Waals surface area contributed by atoms with Gasteiger partial charge in [0, 0.05) is 19.5 Å². The summed E-state index contributed by atoms with van der Waals surface area (Å²) in [5.74, 6) is 2.13. The van der Waals surface area contributed by atoms with E-state index in [-0.39, 0.29) is 17.9 Å². The molecule has 1 amide bonds. The molecule has 1 fully saturated rings. The van der Waals surface area contributed by atoms with Gasteiger partial charge in [0.05, 0.1) is 6.04 Å². The number of piperidine rings is 1. The number of carbonyl (C=O) groups is 1. The zero-order valence-corrected chi connectivity index (χ0v) is 11.7. The van der Waals surface area contributed by atoms with Crippen molar-refractivity contribution in [3.8, 4) is 0 Å². The number of hydrogen-bond donors (Lipinski definition) is 2. The SMILES string of the molecule is CNC(=O)C1CCN(C(CN)c2ccc(C)o2)CC1. The van der Waals surface area contributed by atoms with Gasteiger partial charge < -0.3 is 15.5 Å². The number of rotatable bonds is 4.